The average Bonchev–Trinajstić information content (AvgIpc) is 2.46. The van der Waals surface area contributed by atoms with Crippen molar-refractivity contribution in [3.8, 4) is 0 Å². The van der Waals surface area contributed by atoms with Crippen molar-refractivity contribution in [3.05, 3.63) is 48.0 Å². The third-order valence-corrected chi connectivity index (χ3v) is 3.82. The number of rotatable bonds is 4. The largest absolute Gasteiger partial charge is 0.465 e. The Balaban J connectivity index is 2.48. The van der Waals surface area contributed by atoms with Crippen molar-refractivity contribution in [1.29, 1.82) is 0 Å². The molecule has 100 valence electrons. The van der Waals surface area contributed by atoms with Crippen LogP contribution in [0.4, 0.5) is 0 Å². The fourth-order valence-electron chi connectivity index (χ4n) is 2.29. The number of carbonyl (C=O) groups excluding carboxylic acids is 1. The van der Waals surface area contributed by atoms with E-state index in [9.17, 15) is 4.79 Å². The predicted molar refractivity (Wildman–Crippen MR) is 78.2 cm³/mol. The molecule has 2 heteroatoms. The lowest BCUT2D eigenvalue weighted by atomic mass is 9.79. The van der Waals surface area contributed by atoms with Gasteiger partial charge in [0.15, 0.2) is 0 Å². The summed E-state index contributed by atoms with van der Waals surface area (Å²) in [6.45, 7) is 6.23. The summed E-state index contributed by atoms with van der Waals surface area (Å²) in [6, 6.07) is 14.4. The molecule has 0 amide bonds. The van der Waals surface area contributed by atoms with Crippen molar-refractivity contribution in [2.24, 2.45) is 0 Å². The standard InChI is InChI=1S/C17H20O2/c1-4-17(3,16(18)19-5-2)15-11-10-13-8-6-7-9-14(13)12-15/h6-12H,4-5H2,1-3H3. The van der Waals surface area contributed by atoms with E-state index >= 15 is 0 Å². The van der Waals surface area contributed by atoms with Crippen LogP contribution < -0.4 is 0 Å². The smallest absolute Gasteiger partial charge is 0.316 e. The van der Waals surface area contributed by atoms with Crippen LogP contribution in [0, 0.1) is 0 Å². The first kappa shape index (κ1) is 13.6. The first-order chi connectivity index (χ1) is 9.11. The highest BCUT2D eigenvalue weighted by atomic mass is 16.5. The Hall–Kier alpha value is -1.83. The molecular weight excluding hydrogens is 236 g/mol. The minimum atomic E-state index is -0.569. The molecule has 0 aliphatic carbocycles. The molecule has 0 heterocycles. The van der Waals surface area contributed by atoms with E-state index in [1.165, 1.54) is 5.39 Å². The zero-order valence-corrected chi connectivity index (χ0v) is 11.8. The van der Waals surface area contributed by atoms with Crippen molar-refractivity contribution in [2.75, 3.05) is 6.61 Å². The van der Waals surface area contributed by atoms with E-state index in [1.807, 2.05) is 39.0 Å². The SMILES string of the molecule is CCOC(=O)C(C)(CC)c1ccc2ccccc2c1. The van der Waals surface area contributed by atoms with Crippen molar-refractivity contribution in [1.82, 2.24) is 0 Å². The zero-order chi connectivity index (χ0) is 13.9. The van der Waals surface area contributed by atoms with Crippen LogP contribution in [0.25, 0.3) is 10.8 Å². The van der Waals surface area contributed by atoms with E-state index in [1.54, 1.807) is 0 Å². The molecule has 2 rings (SSSR count). The van der Waals surface area contributed by atoms with Crippen LogP contribution in [0.1, 0.15) is 32.8 Å². The molecule has 0 radical (unpaired) electrons. The molecule has 0 aliphatic heterocycles. The summed E-state index contributed by atoms with van der Waals surface area (Å²) in [7, 11) is 0. The van der Waals surface area contributed by atoms with Gasteiger partial charge in [0.2, 0.25) is 0 Å². The molecule has 0 spiro atoms. The molecule has 0 bridgehead atoms. The van der Waals surface area contributed by atoms with Crippen LogP contribution in [0.3, 0.4) is 0 Å². The summed E-state index contributed by atoms with van der Waals surface area (Å²) in [4.78, 5) is 12.2. The van der Waals surface area contributed by atoms with Gasteiger partial charge in [0, 0.05) is 0 Å². The maximum atomic E-state index is 12.2. The Morgan fingerprint density at radius 3 is 2.42 bits per heavy atom. The van der Waals surface area contributed by atoms with Crippen molar-refractivity contribution < 1.29 is 9.53 Å². The third kappa shape index (κ3) is 2.48. The van der Waals surface area contributed by atoms with E-state index < -0.39 is 5.41 Å². The van der Waals surface area contributed by atoms with Crippen molar-refractivity contribution in [3.63, 3.8) is 0 Å². The number of hydrogen-bond donors (Lipinski definition) is 0. The topological polar surface area (TPSA) is 26.3 Å². The van der Waals surface area contributed by atoms with Crippen LogP contribution in [0.2, 0.25) is 0 Å². The Morgan fingerprint density at radius 2 is 1.79 bits per heavy atom. The molecule has 0 saturated carbocycles. The first-order valence-corrected chi connectivity index (χ1v) is 6.78. The van der Waals surface area contributed by atoms with Crippen molar-refractivity contribution in [2.45, 2.75) is 32.6 Å². The average molecular weight is 256 g/mol. The third-order valence-electron chi connectivity index (χ3n) is 3.82. The molecule has 2 aromatic rings. The summed E-state index contributed by atoms with van der Waals surface area (Å²) in [6.07, 6.45) is 0.726. The van der Waals surface area contributed by atoms with Gasteiger partial charge in [-0.2, -0.15) is 0 Å². The first-order valence-electron chi connectivity index (χ1n) is 6.78. The lowest BCUT2D eigenvalue weighted by Gasteiger charge is -2.26. The van der Waals surface area contributed by atoms with Gasteiger partial charge in [-0.05, 0) is 36.6 Å². The number of carbonyl (C=O) groups is 1. The number of fused-ring (bicyclic) bond motifs is 1. The van der Waals surface area contributed by atoms with Crippen LogP contribution in [-0.2, 0) is 14.9 Å². The molecule has 0 fully saturated rings. The van der Waals surface area contributed by atoms with Gasteiger partial charge in [0.05, 0.1) is 12.0 Å². The summed E-state index contributed by atoms with van der Waals surface area (Å²) in [5.41, 5.74) is 0.451. The molecule has 0 N–H and O–H groups in total. The van der Waals surface area contributed by atoms with Crippen LogP contribution in [0.5, 0.6) is 0 Å². The van der Waals surface area contributed by atoms with E-state index in [0.717, 1.165) is 17.4 Å². The second-order valence-electron chi connectivity index (χ2n) is 4.97. The molecule has 1 unspecified atom stereocenters. The Bertz CT molecular complexity index is 589. The second-order valence-corrected chi connectivity index (χ2v) is 4.97. The van der Waals surface area contributed by atoms with Gasteiger partial charge in [-0.1, -0.05) is 49.4 Å². The van der Waals surface area contributed by atoms with E-state index in [0.29, 0.717) is 6.61 Å². The predicted octanol–water partition coefficient (Wildman–Crippen LogP) is 4.07. The maximum absolute atomic E-state index is 12.2. The van der Waals surface area contributed by atoms with E-state index in [4.69, 9.17) is 4.74 Å². The minimum absolute atomic E-state index is 0.146. The van der Waals surface area contributed by atoms with Gasteiger partial charge in [-0.3, -0.25) is 4.79 Å². The minimum Gasteiger partial charge on any atom is -0.465 e. The molecule has 0 aliphatic rings. The number of ether oxygens (including phenoxy) is 1. The van der Waals surface area contributed by atoms with Gasteiger partial charge in [-0.25, -0.2) is 0 Å². The van der Waals surface area contributed by atoms with Gasteiger partial charge in [-0.15, -0.1) is 0 Å². The van der Waals surface area contributed by atoms with Crippen LogP contribution in [0.15, 0.2) is 42.5 Å². The highest BCUT2D eigenvalue weighted by Crippen LogP contribution is 2.31. The molecule has 1 atom stereocenters. The van der Waals surface area contributed by atoms with Gasteiger partial charge >= 0.3 is 5.97 Å². The van der Waals surface area contributed by atoms with Gasteiger partial charge < -0.3 is 4.74 Å². The number of benzene rings is 2. The van der Waals surface area contributed by atoms with E-state index in [-0.39, 0.29) is 5.97 Å². The number of esters is 1. The summed E-state index contributed by atoms with van der Waals surface area (Å²) < 4.78 is 5.23. The van der Waals surface area contributed by atoms with Crippen LogP contribution >= 0.6 is 0 Å². The Labute approximate surface area is 114 Å². The highest BCUT2D eigenvalue weighted by molar-refractivity contribution is 5.87. The fraction of sp³-hybridized carbons (Fsp3) is 0.353. The Kier molecular flexibility index (Phi) is 3.89. The summed E-state index contributed by atoms with van der Waals surface area (Å²) >= 11 is 0. The monoisotopic (exact) mass is 256 g/mol. The molecule has 2 aromatic carbocycles. The normalized spacial score (nSPS) is 14.1. The zero-order valence-electron chi connectivity index (χ0n) is 11.8. The summed E-state index contributed by atoms with van der Waals surface area (Å²) in [5.74, 6) is -0.146. The van der Waals surface area contributed by atoms with Gasteiger partial charge in [0.1, 0.15) is 0 Å². The van der Waals surface area contributed by atoms with Crippen molar-refractivity contribution >= 4 is 16.7 Å². The molecule has 0 saturated heterocycles. The fourth-order valence-corrected chi connectivity index (χ4v) is 2.29. The lowest BCUT2D eigenvalue weighted by Crippen LogP contribution is -2.33. The highest BCUT2D eigenvalue weighted by Gasteiger charge is 2.34. The molecule has 0 aromatic heterocycles. The number of hydrogen-bond acceptors (Lipinski definition) is 2. The van der Waals surface area contributed by atoms with Gasteiger partial charge in [0.25, 0.3) is 0 Å². The lowest BCUT2D eigenvalue weighted by molar-refractivity contribution is -0.149. The van der Waals surface area contributed by atoms with Crippen LogP contribution in [-0.4, -0.2) is 12.6 Å². The maximum Gasteiger partial charge on any atom is 0.316 e. The summed E-state index contributed by atoms with van der Waals surface area (Å²) in [5, 5.41) is 2.34. The van der Waals surface area contributed by atoms with E-state index in [2.05, 4.69) is 24.3 Å². The Morgan fingerprint density at radius 1 is 1.11 bits per heavy atom. The molecule has 19 heavy (non-hydrogen) atoms. The molecular formula is C17H20O2. The quantitative estimate of drug-likeness (QED) is 0.771. The second kappa shape index (κ2) is 5.43. The molecule has 2 nitrogen and oxygen atoms in total.